The molecular formula is C17H23N3O2. The first-order valence-electron chi connectivity index (χ1n) is 7.90. The number of morpholine rings is 1. The zero-order valence-electron chi connectivity index (χ0n) is 13.0. The highest BCUT2D eigenvalue weighted by molar-refractivity contribution is 5.98. The molecule has 1 aliphatic heterocycles. The number of aryl methyl sites for hydroxylation is 1. The zero-order valence-corrected chi connectivity index (χ0v) is 13.0. The van der Waals surface area contributed by atoms with E-state index in [-0.39, 0.29) is 5.91 Å². The normalized spacial score (nSPS) is 16.0. The quantitative estimate of drug-likeness (QED) is 0.830. The second kappa shape index (κ2) is 6.94. The molecule has 5 nitrogen and oxygen atoms in total. The van der Waals surface area contributed by atoms with E-state index in [1.807, 2.05) is 18.2 Å². The van der Waals surface area contributed by atoms with Gasteiger partial charge in [0.2, 0.25) is 0 Å². The van der Waals surface area contributed by atoms with Gasteiger partial charge < -0.3 is 15.0 Å². The van der Waals surface area contributed by atoms with E-state index < -0.39 is 0 Å². The van der Waals surface area contributed by atoms with Crippen LogP contribution in [0.5, 0.6) is 0 Å². The Hall–Kier alpha value is -1.85. The largest absolute Gasteiger partial charge is 0.379 e. The number of carbonyl (C=O) groups is 1. The maximum Gasteiger partial charge on any atom is 0.267 e. The Bertz CT molecular complexity index is 644. The van der Waals surface area contributed by atoms with E-state index in [0.717, 1.165) is 50.2 Å². The van der Waals surface area contributed by atoms with Gasteiger partial charge in [-0.25, -0.2) is 0 Å². The summed E-state index contributed by atoms with van der Waals surface area (Å²) < 4.78 is 5.32. The summed E-state index contributed by atoms with van der Waals surface area (Å²) in [7, 11) is 0. The molecule has 5 heteroatoms. The summed E-state index contributed by atoms with van der Waals surface area (Å²) >= 11 is 0. The van der Waals surface area contributed by atoms with Gasteiger partial charge in [-0.15, -0.1) is 0 Å². The SMILES string of the molecule is Cc1ccc2[nH]c(C(=O)NCCCN3CCOCC3)cc2c1. The number of aromatic nitrogens is 1. The summed E-state index contributed by atoms with van der Waals surface area (Å²) in [6.07, 6.45) is 0.963. The number of ether oxygens (including phenoxy) is 1. The van der Waals surface area contributed by atoms with Gasteiger partial charge in [0.05, 0.1) is 13.2 Å². The van der Waals surface area contributed by atoms with Gasteiger partial charge >= 0.3 is 0 Å². The molecule has 1 aromatic carbocycles. The molecule has 0 atom stereocenters. The van der Waals surface area contributed by atoms with E-state index in [0.29, 0.717) is 12.2 Å². The van der Waals surface area contributed by atoms with Crippen molar-refractivity contribution < 1.29 is 9.53 Å². The third kappa shape index (κ3) is 3.67. The molecule has 2 N–H and O–H groups in total. The van der Waals surface area contributed by atoms with Crippen LogP contribution in [0, 0.1) is 6.92 Å². The van der Waals surface area contributed by atoms with Crippen molar-refractivity contribution in [2.75, 3.05) is 39.4 Å². The van der Waals surface area contributed by atoms with Crippen LogP contribution in [-0.4, -0.2) is 55.2 Å². The Morgan fingerprint density at radius 3 is 2.95 bits per heavy atom. The van der Waals surface area contributed by atoms with Gasteiger partial charge in [-0.3, -0.25) is 9.69 Å². The van der Waals surface area contributed by atoms with Crippen LogP contribution in [0.1, 0.15) is 22.5 Å². The highest BCUT2D eigenvalue weighted by Crippen LogP contribution is 2.16. The number of fused-ring (bicyclic) bond motifs is 1. The molecule has 1 saturated heterocycles. The number of aromatic amines is 1. The molecule has 2 heterocycles. The number of nitrogens with zero attached hydrogens (tertiary/aromatic N) is 1. The number of hydrogen-bond acceptors (Lipinski definition) is 3. The lowest BCUT2D eigenvalue weighted by molar-refractivity contribution is 0.0374. The van der Waals surface area contributed by atoms with Crippen LogP contribution in [0.25, 0.3) is 10.9 Å². The predicted molar refractivity (Wildman–Crippen MR) is 87.2 cm³/mol. The van der Waals surface area contributed by atoms with Crippen molar-refractivity contribution in [1.82, 2.24) is 15.2 Å². The molecule has 0 radical (unpaired) electrons. The fraction of sp³-hybridized carbons (Fsp3) is 0.471. The molecule has 22 heavy (non-hydrogen) atoms. The number of benzene rings is 1. The monoisotopic (exact) mass is 301 g/mol. The fourth-order valence-corrected chi connectivity index (χ4v) is 2.80. The van der Waals surface area contributed by atoms with Crippen molar-refractivity contribution in [3.63, 3.8) is 0 Å². The summed E-state index contributed by atoms with van der Waals surface area (Å²) in [5.41, 5.74) is 2.83. The average Bonchev–Trinajstić information content (AvgIpc) is 2.95. The summed E-state index contributed by atoms with van der Waals surface area (Å²) in [5, 5.41) is 4.07. The molecule has 3 rings (SSSR count). The van der Waals surface area contributed by atoms with Gasteiger partial charge in [0, 0.05) is 30.5 Å². The van der Waals surface area contributed by atoms with Gasteiger partial charge in [0.25, 0.3) is 5.91 Å². The molecule has 1 fully saturated rings. The van der Waals surface area contributed by atoms with Gasteiger partial charge in [0.15, 0.2) is 0 Å². The Labute approximate surface area is 130 Å². The van der Waals surface area contributed by atoms with Crippen LogP contribution in [-0.2, 0) is 4.74 Å². The lowest BCUT2D eigenvalue weighted by Crippen LogP contribution is -2.38. The lowest BCUT2D eigenvalue weighted by Gasteiger charge is -2.26. The van der Waals surface area contributed by atoms with Gasteiger partial charge in [-0.05, 0) is 38.1 Å². The number of amides is 1. The molecule has 0 spiro atoms. The Kier molecular flexibility index (Phi) is 4.75. The van der Waals surface area contributed by atoms with Crippen LogP contribution >= 0.6 is 0 Å². The van der Waals surface area contributed by atoms with E-state index in [4.69, 9.17) is 4.74 Å². The Morgan fingerprint density at radius 1 is 1.32 bits per heavy atom. The summed E-state index contributed by atoms with van der Waals surface area (Å²) in [6.45, 7) is 7.39. The summed E-state index contributed by atoms with van der Waals surface area (Å²) in [5.74, 6) is -0.0316. The Balaban J connectivity index is 1.48. The maximum absolute atomic E-state index is 12.2. The first-order valence-corrected chi connectivity index (χ1v) is 7.90. The van der Waals surface area contributed by atoms with Crippen molar-refractivity contribution in [2.45, 2.75) is 13.3 Å². The number of nitrogens with one attached hydrogen (secondary N) is 2. The second-order valence-corrected chi connectivity index (χ2v) is 5.84. The number of hydrogen-bond donors (Lipinski definition) is 2. The van der Waals surface area contributed by atoms with Crippen molar-refractivity contribution >= 4 is 16.8 Å². The van der Waals surface area contributed by atoms with Crippen molar-refractivity contribution in [2.24, 2.45) is 0 Å². The van der Waals surface area contributed by atoms with Crippen molar-refractivity contribution in [3.05, 3.63) is 35.5 Å². The van der Waals surface area contributed by atoms with Gasteiger partial charge in [-0.2, -0.15) is 0 Å². The van der Waals surface area contributed by atoms with Crippen LogP contribution < -0.4 is 5.32 Å². The average molecular weight is 301 g/mol. The zero-order chi connectivity index (χ0) is 15.4. The van der Waals surface area contributed by atoms with E-state index >= 15 is 0 Å². The molecule has 0 bridgehead atoms. The first-order chi connectivity index (χ1) is 10.7. The van der Waals surface area contributed by atoms with E-state index in [2.05, 4.69) is 28.2 Å². The number of rotatable bonds is 5. The minimum Gasteiger partial charge on any atom is -0.379 e. The second-order valence-electron chi connectivity index (χ2n) is 5.84. The lowest BCUT2D eigenvalue weighted by atomic mass is 10.2. The minimum atomic E-state index is -0.0316. The minimum absolute atomic E-state index is 0.0316. The molecular weight excluding hydrogens is 278 g/mol. The van der Waals surface area contributed by atoms with Crippen molar-refractivity contribution in [1.29, 1.82) is 0 Å². The molecule has 0 unspecified atom stereocenters. The van der Waals surface area contributed by atoms with Crippen LogP contribution in [0.15, 0.2) is 24.3 Å². The van der Waals surface area contributed by atoms with Gasteiger partial charge in [-0.1, -0.05) is 11.6 Å². The molecule has 1 amide bonds. The van der Waals surface area contributed by atoms with Crippen LogP contribution in [0.3, 0.4) is 0 Å². The highest BCUT2D eigenvalue weighted by atomic mass is 16.5. The molecule has 1 aromatic heterocycles. The molecule has 2 aromatic rings. The Morgan fingerprint density at radius 2 is 2.14 bits per heavy atom. The van der Waals surface area contributed by atoms with E-state index in [1.165, 1.54) is 5.56 Å². The van der Waals surface area contributed by atoms with Crippen LogP contribution in [0.4, 0.5) is 0 Å². The van der Waals surface area contributed by atoms with Crippen molar-refractivity contribution in [3.8, 4) is 0 Å². The standard InChI is InChI=1S/C17H23N3O2/c1-13-3-4-15-14(11-13)12-16(19-15)17(21)18-5-2-6-20-7-9-22-10-8-20/h3-4,11-12,19H,2,5-10H2,1H3,(H,18,21). The van der Waals surface area contributed by atoms with Crippen LogP contribution in [0.2, 0.25) is 0 Å². The topological polar surface area (TPSA) is 57.4 Å². The predicted octanol–water partition coefficient (Wildman–Crippen LogP) is 1.93. The third-order valence-corrected chi connectivity index (χ3v) is 4.06. The van der Waals surface area contributed by atoms with E-state index in [1.54, 1.807) is 0 Å². The highest BCUT2D eigenvalue weighted by Gasteiger charge is 2.11. The molecule has 0 saturated carbocycles. The molecule has 1 aliphatic rings. The van der Waals surface area contributed by atoms with E-state index in [9.17, 15) is 4.79 Å². The first kappa shape index (κ1) is 15.1. The molecule has 118 valence electrons. The number of carbonyl (C=O) groups excluding carboxylic acids is 1. The fourth-order valence-electron chi connectivity index (χ4n) is 2.80. The third-order valence-electron chi connectivity index (χ3n) is 4.06. The summed E-state index contributed by atoms with van der Waals surface area (Å²) in [4.78, 5) is 17.7. The number of H-pyrrole nitrogens is 1. The van der Waals surface area contributed by atoms with Gasteiger partial charge in [0.1, 0.15) is 5.69 Å². The summed E-state index contributed by atoms with van der Waals surface area (Å²) in [6, 6.07) is 8.06. The smallest absolute Gasteiger partial charge is 0.267 e. The maximum atomic E-state index is 12.2. The molecule has 0 aliphatic carbocycles.